The molecular weight excluding hydrogens is 229 g/mol. The van der Waals surface area contributed by atoms with Crippen LogP contribution < -0.4 is 5.32 Å². The first-order chi connectivity index (χ1) is 8.79. The van der Waals surface area contributed by atoms with Crippen molar-refractivity contribution in [2.24, 2.45) is 0 Å². The zero-order chi connectivity index (χ0) is 12.8. The molecule has 1 aliphatic carbocycles. The van der Waals surface area contributed by atoms with Crippen molar-refractivity contribution in [2.75, 3.05) is 13.2 Å². The number of nitrogens with one attached hydrogen (secondary N) is 1. The molecule has 18 heavy (non-hydrogen) atoms. The molecule has 3 heteroatoms. The van der Waals surface area contributed by atoms with Gasteiger partial charge in [0.15, 0.2) is 0 Å². The Labute approximate surface area is 108 Å². The molecule has 0 unspecified atom stereocenters. The zero-order valence-electron chi connectivity index (χ0n) is 10.6. The average Bonchev–Trinajstić information content (AvgIpc) is 2.33. The molecule has 1 aliphatic rings. The predicted octanol–water partition coefficient (Wildman–Crippen LogP) is 3.21. The fraction of sp³-hybridized carbons (Fsp3) is 0.467. The summed E-state index contributed by atoms with van der Waals surface area (Å²) in [6.07, 6.45) is 4.78. The second kappa shape index (κ2) is 6.55. The molecule has 0 aliphatic heterocycles. The van der Waals surface area contributed by atoms with Crippen molar-refractivity contribution in [3.8, 4) is 0 Å². The van der Waals surface area contributed by atoms with Crippen LogP contribution in [0.2, 0.25) is 0 Å². The maximum absolute atomic E-state index is 12.8. The van der Waals surface area contributed by atoms with Gasteiger partial charge in [-0.15, -0.1) is 0 Å². The second-order valence-corrected chi connectivity index (χ2v) is 4.76. The molecule has 0 spiro atoms. The van der Waals surface area contributed by atoms with Crippen molar-refractivity contribution >= 4 is 0 Å². The summed E-state index contributed by atoms with van der Waals surface area (Å²) < 4.78 is 17.8. The summed E-state index contributed by atoms with van der Waals surface area (Å²) in [5.41, 5.74) is 1.25. The smallest absolute Gasteiger partial charge is 0.123 e. The molecule has 1 aromatic rings. The lowest BCUT2D eigenvalue weighted by Crippen LogP contribution is -2.40. The fourth-order valence-corrected chi connectivity index (χ4v) is 2.34. The van der Waals surface area contributed by atoms with E-state index in [1.165, 1.54) is 11.8 Å². The van der Waals surface area contributed by atoms with Crippen molar-refractivity contribution in [3.05, 3.63) is 48.5 Å². The highest BCUT2D eigenvalue weighted by atomic mass is 19.1. The standard InChI is InChI=1S/C15H20FNO/c1-2-18-9-3-8-17-15-10-13(11-15)12-4-6-14(16)7-5-12/h2,4-7,13,15,17H,1,3,8-11H2. The minimum atomic E-state index is -0.157. The van der Waals surface area contributed by atoms with Crippen LogP contribution in [0.25, 0.3) is 0 Å². The first-order valence-electron chi connectivity index (χ1n) is 6.51. The summed E-state index contributed by atoms with van der Waals surface area (Å²) in [6, 6.07) is 7.48. The van der Waals surface area contributed by atoms with Gasteiger partial charge < -0.3 is 10.1 Å². The summed E-state index contributed by atoms with van der Waals surface area (Å²) in [4.78, 5) is 0. The largest absolute Gasteiger partial charge is 0.502 e. The molecular formula is C15H20FNO. The van der Waals surface area contributed by atoms with Gasteiger partial charge in [-0.3, -0.25) is 0 Å². The van der Waals surface area contributed by atoms with Gasteiger partial charge in [-0.25, -0.2) is 4.39 Å². The Kier molecular flexibility index (Phi) is 4.76. The number of benzene rings is 1. The Morgan fingerprint density at radius 2 is 2.06 bits per heavy atom. The van der Waals surface area contributed by atoms with Crippen molar-refractivity contribution in [3.63, 3.8) is 0 Å². The lowest BCUT2D eigenvalue weighted by Gasteiger charge is -2.36. The van der Waals surface area contributed by atoms with E-state index in [-0.39, 0.29) is 5.82 Å². The van der Waals surface area contributed by atoms with Gasteiger partial charge in [-0.05, 0) is 49.4 Å². The third kappa shape index (κ3) is 3.57. The molecule has 1 saturated carbocycles. The molecule has 0 amide bonds. The summed E-state index contributed by atoms with van der Waals surface area (Å²) >= 11 is 0. The Balaban J connectivity index is 1.62. The lowest BCUT2D eigenvalue weighted by atomic mass is 9.76. The van der Waals surface area contributed by atoms with Crippen LogP contribution in [0.1, 0.15) is 30.7 Å². The number of hydrogen-bond donors (Lipinski definition) is 1. The van der Waals surface area contributed by atoms with Crippen molar-refractivity contribution < 1.29 is 9.13 Å². The quantitative estimate of drug-likeness (QED) is 0.592. The van der Waals surface area contributed by atoms with Crippen molar-refractivity contribution in [1.29, 1.82) is 0 Å². The van der Waals surface area contributed by atoms with E-state index in [0.717, 1.165) is 32.4 Å². The van der Waals surface area contributed by atoms with E-state index in [1.54, 1.807) is 12.1 Å². The van der Waals surface area contributed by atoms with Gasteiger partial charge >= 0.3 is 0 Å². The average molecular weight is 249 g/mol. The number of ether oxygens (including phenoxy) is 1. The Bertz CT molecular complexity index is 371. The molecule has 1 aromatic carbocycles. The highest BCUT2D eigenvalue weighted by Crippen LogP contribution is 2.36. The topological polar surface area (TPSA) is 21.3 Å². The molecule has 1 fully saturated rings. The van der Waals surface area contributed by atoms with Gasteiger partial charge in [0.05, 0.1) is 12.9 Å². The molecule has 0 heterocycles. The summed E-state index contributed by atoms with van der Waals surface area (Å²) in [5.74, 6) is 0.433. The molecule has 0 radical (unpaired) electrons. The van der Waals surface area contributed by atoms with Gasteiger partial charge in [0, 0.05) is 6.04 Å². The van der Waals surface area contributed by atoms with Crippen LogP contribution in [0.5, 0.6) is 0 Å². The molecule has 0 saturated heterocycles. The van der Waals surface area contributed by atoms with Gasteiger partial charge in [-0.1, -0.05) is 18.7 Å². The van der Waals surface area contributed by atoms with Crippen LogP contribution in [-0.2, 0) is 4.74 Å². The number of rotatable bonds is 7. The maximum atomic E-state index is 12.8. The van der Waals surface area contributed by atoms with Gasteiger partial charge in [0.2, 0.25) is 0 Å². The summed E-state index contributed by atoms with van der Waals surface area (Å²) in [7, 11) is 0. The van der Waals surface area contributed by atoms with E-state index in [1.807, 2.05) is 12.1 Å². The molecule has 98 valence electrons. The zero-order valence-corrected chi connectivity index (χ0v) is 10.6. The number of halogens is 1. The molecule has 2 rings (SSSR count). The van der Waals surface area contributed by atoms with Crippen LogP contribution in [-0.4, -0.2) is 19.2 Å². The molecule has 2 nitrogen and oxygen atoms in total. The second-order valence-electron chi connectivity index (χ2n) is 4.76. The van der Waals surface area contributed by atoms with E-state index >= 15 is 0 Å². The monoisotopic (exact) mass is 249 g/mol. The third-order valence-corrected chi connectivity index (χ3v) is 3.47. The summed E-state index contributed by atoms with van der Waals surface area (Å²) in [5, 5.41) is 3.50. The third-order valence-electron chi connectivity index (χ3n) is 3.47. The normalized spacial score (nSPS) is 22.3. The summed E-state index contributed by atoms with van der Waals surface area (Å²) in [6.45, 7) is 5.21. The van der Waals surface area contributed by atoms with Gasteiger partial charge in [0.1, 0.15) is 5.82 Å². The van der Waals surface area contributed by atoms with E-state index in [2.05, 4.69) is 11.9 Å². The minimum absolute atomic E-state index is 0.157. The molecule has 1 N–H and O–H groups in total. The first-order valence-corrected chi connectivity index (χ1v) is 6.51. The van der Waals surface area contributed by atoms with E-state index in [9.17, 15) is 4.39 Å². The number of hydrogen-bond acceptors (Lipinski definition) is 2. The van der Waals surface area contributed by atoms with E-state index < -0.39 is 0 Å². The molecule has 0 atom stereocenters. The maximum Gasteiger partial charge on any atom is 0.123 e. The van der Waals surface area contributed by atoms with Crippen LogP contribution >= 0.6 is 0 Å². The van der Waals surface area contributed by atoms with Crippen LogP contribution in [0.3, 0.4) is 0 Å². The van der Waals surface area contributed by atoms with Crippen molar-refractivity contribution in [1.82, 2.24) is 5.32 Å². The van der Waals surface area contributed by atoms with Crippen LogP contribution in [0, 0.1) is 5.82 Å². The van der Waals surface area contributed by atoms with Crippen LogP contribution in [0.15, 0.2) is 37.1 Å². The first kappa shape index (κ1) is 13.1. The molecule has 0 aromatic heterocycles. The van der Waals surface area contributed by atoms with Gasteiger partial charge in [-0.2, -0.15) is 0 Å². The van der Waals surface area contributed by atoms with E-state index in [4.69, 9.17) is 4.74 Å². The van der Waals surface area contributed by atoms with Crippen LogP contribution in [0.4, 0.5) is 4.39 Å². The highest BCUT2D eigenvalue weighted by Gasteiger charge is 2.29. The Hall–Kier alpha value is -1.35. The minimum Gasteiger partial charge on any atom is -0.502 e. The highest BCUT2D eigenvalue weighted by molar-refractivity contribution is 5.23. The molecule has 0 bridgehead atoms. The Morgan fingerprint density at radius 3 is 2.72 bits per heavy atom. The SMILES string of the molecule is C=COCCCNC1CC(c2ccc(F)cc2)C1. The van der Waals surface area contributed by atoms with E-state index in [0.29, 0.717) is 12.0 Å². The Morgan fingerprint density at radius 1 is 1.33 bits per heavy atom. The van der Waals surface area contributed by atoms with Crippen molar-refractivity contribution in [2.45, 2.75) is 31.2 Å². The lowest BCUT2D eigenvalue weighted by molar-refractivity contribution is 0.232. The fourth-order valence-electron chi connectivity index (χ4n) is 2.34. The predicted molar refractivity (Wildman–Crippen MR) is 70.9 cm³/mol. The van der Waals surface area contributed by atoms with Gasteiger partial charge in [0.25, 0.3) is 0 Å².